The molecule has 0 fully saturated rings. The summed E-state index contributed by atoms with van der Waals surface area (Å²) >= 11 is 0. The van der Waals surface area contributed by atoms with E-state index in [2.05, 4.69) is 0 Å². The third-order valence-corrected chi connectivity index (χ3v) is 2.68. The summed E-state index contributed by atoms with van der Waals surface area (Å²) in [4.78, 5) is 11.8. The second kappa shape index (κ2) is 5.60. The number of hydrogen-bond donors (Lipinski definition) is 0. The Morgan fingerprint density at radius 3 is 2.15 bits per heavy atom. The van der Waals surface area contributed by atoms with Crippen molar-refractivity contribution in [2.75, 3.05) is 13.1 Å². The molecule has 0 saturated carbocycles. The van der Waals surface area contributed by atoms with Gasteiger partial charge in [0.15, 0.2) is 0 Å². The minimum atomic E-state index is -2.24. The zero-order valence-corrected chi connectivity index (χ0v) is 9.93. The predicted molar refractivity (Wildman–Crippen MR) is 59.9 cm³/mol. The van der Waals surface area contributed by atoms with Crippen LogP contribution in [-0.4, -0.2) is 36.9 Å². The van der Waals surface area contributed by atoms with Gasteiger partial charge in [-0.2, -0.15) is 0 Å². The summed E-state index contributed by atoms with van der Waals surface area (Å²) in [7, 11) is 1.28. The van der Waals surface area contributed by atoms with Crippen molar-refractivity contribution in [3.8, 4) is 5.75 Å². The molecule has 1 aromatic carbocycles. The van der Waals surface area contributed by atoms with E-state index in [1.165, 1.54) is 11.9 Å². The van der Waals surface area contributed by atoms with E-state index in [1.54, 1.807) is 0 Å². The summed E-state index contributed by atoms with van der Waals surface area (Å²) in [5, 5.41) is 0. The molecule has 106 valence electrons. The van der Waals surface area contributed by atoms with Crippen molar-refractivity contribution in [2.24, 2.45) is 0 Å². The van der Waals surface area contributed by atoms with E-state index in [9.17, 15) is 26.7 Å². The SMILES string of the molecule is O=CCN1B=C(Oc2c(F)c(F)c(F)c(F)c2F)CC1. The summed E-state index contributed by atoms with van der Waals surface area (Å²) in [6, 6.07) is 0. The Labute approximate surface area is 110 Å². The molecule has 0 unspecified atom stereocenters. The molecule has 0 N–H and O–H groups in total. The zero-order valence-electron chi connectivity index (χ0n) is 9.93. The predicted octanol–water partition coefficient (Wildman–Crippen LogP) is 1.41. The number of hydrogen-bond acceptors (Lipinski definition) is 3. The number of benzene rings is 1. The first-order valence-corrected chi connectivity index (χ1v) is 5.53. The first-order chi connectivity index (χ1) is 9.45. The summed E-state index contributed by atoms with van der Waals surface area (Å²) in [6.07, 6.45) is 0.797. The molecule has 0 aliphatic carbocycles. The average Bonchev–Trinajstić information content (AvgIpc) is 2.87. The van der Waals surface area contributed by atoms with E-state index in [-0.39, 0.29) is 18.6 Å². The molecular formula is C11H7BF5NO2. The number of carbonyl (C=O) groups is 1. The molecule has 0 atom stereocenters. The van der Waals surface area contributed by atoms with Gasteiger partial charge in [0.1, 0.15) is 0 Å². The van der Waals surface area contributed by atoms with E-state index in [4.69, 9.17) is 4.74 Å². The van der Waals surface area contributed by atoms with Crippen LogP contribution in [0.1, 0.15) is 6.42 Å². The van der Waals surface area contributed by atoms with Crippen LogP contribution in [0.4, 0.5) is 22.0 Å². The summed E-state index contributed by atoms with van der Waals surface area (Å²) in [6.45, 7) is 0.396. The van der Waals surface area contributed by atoms with Crippen LogP contribution in [0.5, 0.6) is 5.75 Å². The molecule has 3 nitrogen and oxygen atoms in total. The third kappa shape index (κ3) is 2.52. The molecule has 0 radical (unpaired) electrons. The molecule has 0 amide bonds. The molecular weight excluding hydrogens is 284 g/mol. The Kier molecular flexibility index (Phi) is 4.05. The zero-order chi connectivity index (χ0) is 14.9. The van der Waals surface area contributed by atoms with Crippen LogP contribution >= 0.6 is 0 Å². The molecule has 0 spiro atoms. The number of nitrogens with zero attached hydrogens (tertiary/aromatic N) is 1. The van der Waals surface area contributed by atoms with Gasteiger partial charge in [-0.25, -0.2) is 0 Å². The summed E-state index contributed by atoms with van der Waals surface area (Å²) in [5.41, 5.74) is 0.00931. The number of halogens is 5. The summed E-state index contributed by atoms with van der Waals surface area (Å²) < 4.78 is 70.2. The van der Waals surface area contributed by atoms with Gasteiger partial charge in [0.25, 0.3) is 0 Å². The minimum absolute atomic E-state index is 0.00931. The molecule has 0 bridgehead atoms. The van der Waals surface area contributed by atoms with E-state index >= 15 is 0 Å². The third-order valence-electron chi connectivity index (χ3n) is 2.68. The molecule has 1 heterocycles. The molecule has 1 aliphatic rings. The second-order valence-corrected chi connectivity index (χ2v) is 4.01. The van der Waals surface area contributed by atoms with Crippen LogP contribution in [0.3, 0.4) is 0 Å². The van der Waals surface area contributed by atoms with Crippen molar-refractivity contribution in [1.82, 2.24) is 4.81 Å². The molecule has 0 saturated heterocycles. The summed E-state index contributed by atoms with van der Waals surface area (Å²) in [5.74, 6) is -11.8. The monoisotopic (exact) mass is 291 g/mol. The topological polar surface area (TPSA) is 29.5 Å². The Morgan fingerprint density at radius 2 is 1.60 bits per heavy atom. The number of carbonyl (C=O) groups excluding carboxylic acids is 1. The van der Waals surface area contributed by atoms with Gasteiger partial charge in [0, 0.05) is 0 Å². The van der Waals surface area contributed by atoms with Crippen molar-refractivity contribution in [3.05, 3.63) is 29.1 Å². The molecule has 2 rings (SSSR count). The maximum absolute atomic E-state index is 13.4. The number of ether oxygens (including phenoxy) is 1. The fourth-order valence-corrected chi connectivity index (χ4v) is 1.71. The van der Waals surface area contributed by atoms with Crippen LogP contribution in [-0.2, 0) is 4.79 Å². The van der Waals surface area contributed by atoms with Gasteiger partial charge in [-0.05, 0) is 0 Å². The molecule has 1 aromatic rings. The van der Waals surface area contributed by atoms with Crippen LogP contribution in [0.15, 0.2) is 0 Å². The molecule has 1 aliphatic heterocycles. The number of rotatable bonds is 4. The first kappa shape index (κ1) is 14.5. The Balaban J connectivity index is 2.31. The van der Waals surface area contributed by atoms with Gasteiger partial charge in [0.2, 0.25) is 0 Å². The van der Waals surface area contributed by atoms with Gasteiger partial charge in [-0.3, -0.25) is 0 Å². The first-order valence-electron chi connectivity index (χ1n) is 5.53. The van der Waals surface area contributed by atoms with Gasteiger partial charge in [0.05, 0.1) is 0 Å². The molecule has 0 aromatic heterocycles. The number of aldehydes is 1. The molecule has 9 heteroatoms. The fourth-order valence-electron chi connectivity index (χ4n) is 1.71. The maximum atomic E-state index is 13.4. The van der Waals surface area contributed by atoms with Crippen molar-refractivity contribution >= 4 is 19.0 Å². The quantitative estimate of drug-likeness (QED) is 0.276. The standard InChI is InChI=1S/C11H7BF5NO2/c13-6-7(14)9(16)11(10(17)8(6)15)20-5-1-2-18(12-5)3-4-19/h4H,1-3H2. The van der Waals surface area contributed by atoms with Crippen molar-refractivity contribution < 1.29 is 31.5 Å². The van der Waals surface area contributed by atoms with Gasteiger partial charge >= 0.3 is 110 Å². The van der Waals surface area contributed by atoms with Crippen LogP contribution in [0, 0.1) is 29.1 Å². The van der Waals surface area contributed by atoms with Crippen LogP contribution < -0.4 is 4.74 Å². The van der Waals surface area contributed by atoms with Crippen molar-refractivity contribution in [1.29, 1.82) is 0 Å². The average molecular weight is 291 g/mol. The second-order valence-electron chi connectivity index (χ2n) is 4.01. The van der Waals surface area contributed by atoms with Gasteiger partial charge in [-0.15, -0.1) is 0 Å². The van der Waals surface area contributed by atoms with Crippen molar-refractivity contribution in [3.63, 3.8) is 0 Å². The van der Waals surface area contributed by atoms with Gasteiger partial charge in [-0.1, -0.05) is 0 Å². The van der Waals surface area contributed by atoms with Gasteiger partial charge < -0.3 is 0 Å². The Hall–Kier alpha value is -1.93. The van der Waals surface area contributed by atoms with E-state index in [0.29, 0.717) is 12.8 Å². The Bertz CT molecular complexity index is 564. The fraction of sp³-hybridized carbons (Fsp3) is 0.273. The normalized spacial score (nSPS) is 14.1. The van der Waals surface area contributed by atoms with E-state index in [0.717, 1.165) is 0 Å². The van der Waals surface area contributed by atoms with Crippen molar-refractivity contribution in [2.45, 2.75) is 6.42 Å². The van der Waals surface area contributed by atoms with Crippen LogP contribution in [0.2, 0.25) is 0 Å². The van der Waals surface area contributed by atoms with E-state index < -0.39 is 34.8 Å². The molecule has 20 heavy (non-hydrogen) atoms. The Morgan fingerprint density at radius 1 is 1.05 bits per heavy atom. The van der Waals surface area contributed by atoms with E-state index in [1.807, 2.05) is 0 Å². The van der Waals surface area contributed by atoms with Crippen LogP contribution in [0.25, 0.3) is 0 Å².